The second kappa shape index (κ2) is 5.43. The highest BCUT2D eigenvalue weighted by molar-refractivity contribution is 7.90. The van der Waals surface area contributed by atoms with Crippen LogP contribution in [0.4, 0.5) is 5.69 Å². The van der Waals surface area contributed by atoms with Gasteiger partial charge in [-0.1, -0.05) is 0 Å². The fraction of sp³-hybridized carbons (Fsp3) is 0.714. The number of amides is 1. The van der Waals surface area contributed by atoms with Gasteiger partial charge in [0.25, 0.3) is 0 Å². The summed E-state index contributed by atoms with van der Waals surface area (Å²) in [4.78, 5) is 14.3. The van der Waals surface area contributed by atoms with Crippen molar-refractivity contribution in [1.29, 1.82) is 0 Å². The smallest absolute Gasteiger partial charge is 0.304 e. The molecule has 3 fully saturated rings. The Kier molecular flexibility index (Phi) is 3.59. The van der Waals surface area contributed by atoms with Crippen LogP contribution in [0, 0.1) is 5.92 Å². The summed E-state index contributed by atoms with van der Waals surface area (Å²) in [6.45, 7) is 0.989. The maximum Gasteiger partial charge on any atom is 0.304 e. The molecule has 0 spiro atoms. The Hall–Kier alpha value is -1.65. The number of fused-ring (bicyclic) bond motifs is 2. The molecule has 1 amide bonds. The van der Waals surface area contributed by atoms with E-state index in [1.807, 2.05) is 0 Å². The molecular formula is C14H21N5O4S. The average molecular weight is 355 g/mol. The van der Waals surface area contributed by atoms with Crippen LogP contribution in [0.15, 0.2) is 12.4 Å². The number of carbonyl (C=O) groups excluding carboxylic acids is 1. The van der Waals surface area contributed by atoms with Gasteiger partial charge < -0.3 is 10.0 Å². The van der Waals surface area contributed by atoms with Crippen LogP contribution in [0.25, 0.3) is 0 Å². The van der Waals surface area contributed by atoms with Gasteiger partial charge in [0.1, 0.15) is 0 Å². The number of likely N-dealkylation sites (tertiary alicyclic amines) is 1. The number of hydrogen-bond acceptors (Lipinski definition) is 5. The summed E-state index contributed by atoms with van der Waals surface area (Å²) in [6.07, 6.45) is 4.25. The number of carbonyl (C=O) groups is 1. The van der Waals surface area contributed by atoms with Crippen LogP contribution in [0.3, 0.4) is 0 Å². The van der Waals surface area contributed by atoms with Gasteiger partial charge in [-0.3, -0.25) is 13.8 Å². The normalized spacial score (nSPS) is 32.0. The van der Waals surface area contributed by atoms with Crippen molar-refractivity contribution in [1.82, 2.24) is 19.0 Å². The number of nitrogens with zero attached hydrogens (tertiary/aromatic N) is 5. The van der Waals surface area contributed by atoms with Gasteiger partial charge in [-0.05, 0) is 12.8 Å². The fourth-order valence-corrected chi connectivity index (χ4v) is 5.54. The van der Waals surface area contributed by atoms with E-state index >= 15 is 0 Å². The third-order valence-corrected chi connectivity index (χ3v) is 7.19. The number of aryl methyl sites for hydroxylation is 1. The number of rotatable bonds is 3. The highest BCUT2D eigenvalue weighted by Gasteiger charge is 2.47. The summed E-state index contributed by atoms with van der Waals surface area (Å²) in [6, 6.07) is 0.0530. The molecule has 2 saturated heterocycles. The predicted octanol–water partition coefficient (Wildman–Crippen LogP) is -1.23. The second-order valence-electron chi connectivity index (χ2n) is 6.78. The van der Waals surface area contributed by atoms with Crippen LogP contribution in [0.2, 0.25) is 0 Å². The molecule has 1 saturated carbocycles. The monoisotopic (exact) mass is 355 g/mol. The van der Waals surface area contributed by atoms with E-state index in [0.29, 0.717) is 25.2 Å². The van der Waals surface area contributed by atoms with Crippen molar-refractivity contribution in [3.63, 3.8) is 0 Å². The topological polar surface area (TPSA) is 99.0 Å². The number of aliphatic hydroxyl groups is 1. The number of hydrogen-bond donors (Lipinski definition) is 1. The first-order valence-corrected chi connectivity index (χ1v) is 9.50. The van der Waals surface area contributed by atoms with Gasteiger partial charge in [-0.15, -0.1) is 0 Å². The molecule has 0 aromatic carbocycles. The summed E-state index contributed by atoms with van der Waals surface area (Å²) in [7, 11) is -1.97. The SMILES string of the molecule is Cn1cc(N2CCN(CC(=O)N3C[C@@H]4C[C@H]3C[C@H]4O)S2(=O)=O)cn1. The predicted molar refractivity (Wildman–Crippen MR) is 85.3 cm³/mol. The summed E-state index contributed by atoms with van der Waals surface area (Å²) >= 11 is 0. The molecule has 3 heterocycles. The van der Waals surface area contributed by atoms with Crippen molar-refractivity contribution >= 4 is 21.8 Å². The van der Waals surface area contributed by atoms with Crippen molar-refractivity contribution < 1.29 is 18.3 Å². The maximum atomic E-state index is 12.7. The molecule has 0 radical (unpaired) electrons. The van der Waals surface area contributed by atoms with Gasteiger partial charge in [0.2, 0.25) is 5.91 Å². The second-order valence-corrected chi connectivity index (χ2v) is 8.64. The molecule has 10 heteroatoms. The van der Waals surface area contributed by atoms with Crippen LogP contribution in [0.1, 0.15) is 12.8 Å². The Labute approximate surface area is 140 Å². The van der Waals surface area contributed by atoms with Crippen LogP contribution >= 0.6 is 0 Å². The molecule has 2 aliphatic heterocycles. The molecule has 4 rings (SSSR count). The Balaban J connectivity index is 1.45. The Morgan fingerprint density at radius 3 is 2.75 bits per heavy atom. The van der Waals surface area contributed by atoms with Gasteiger partial charge in [0, 0.05) is 44.8 Å². The minimum absolute atomic E-state index is 0.0530. The van der Waals surface area contributed by atoms with Crippen molar-refractivity contribution in [3.8, 4) is 0 Å². The molecule has 9 nitrogen and oxygen atoms in total. The van der Waals surface area contributed by atoms with E-state index in [4.69, 9.17) is 0 Å². The van der Waals surface area contributed by atoms with Crippen LogP contribution in [-0.4, -0.2) is 76.7 Å². The van der Waals surface area contributed by atoms with Crippen molar-refractivity contribution in [3.05, 3.63) is 12.4 Å². The van der Waals surface area contributed by atoms with Gasteiger partial charge in [0.05, 0.1) is 24.5 Å². The molecule has 132 valence electrons. The largest absolute Gasteiger partial charge is 0.393 e. The summed E-state index contributed by atoms with van der Waals surface area (Å²) in [5.74, 6) is -0.0351. The van der Waals surface area contributed by atoms with E-state index in [1.165, 1.54) is 14.8 Å². The summed E-state index contributed by atoms with van der Waals surface area (Å²) in [5, 5.41) is 13.8. The summed E-state index contributed by atoms with van der Waals surface area (Å²) in [5.41, 5.74) is 0.510. The highest BCUT2D eigenvalue weighted by Crippen LogP contribution is 2.38. The van der Waals surface area contributed by atoms with E-state index in [0.717, 1.165) is 6.42 Å². The molecule has 24 heavy (non-hydrogen) atoms. The van der Waals surface area contributed by atoms with E-state index in [9.17, 15) is 18.3 Å². The zero-order chi connectivity index (χ0) is 17.1. The third-order valence-electron chi connectivity index (χ3n) is 5.27. The van der Waals surface area contributed by atoms with Gasteiger partial charge >= 0.3 is 10.2 Å². The van der Waals surface area contributed by atoms with Crippen LogP contribution in [-0.2, 0) is 22.1 Å². The summed E-state index contributed by atoms with van der Waals surface area (Å²) < 4.78 is 29.4. The first kappa shape index (κ1) is 15.9. The minimum Gasteiger partial charge on any atom is -0.393 e. The maximum absolute atomic E-state index is 12.7. The number of anilines is 1. The zero-order valence-electron chi connectivity index (χ0n) is 13.4. The van der Waals surface area contributed by atoms with E-state index in [-0.39, 0.29) is 37.1 Å². The number of piperidine rings is 1. The van der Waals surface area contributed by atoms with Crippen molar-refractivity contribution in [2.75, 3.05) is 30.5 Å². The molecular weight excluding hydrogens is 334 g/mol. The Morgan fingerprint density at radius 2 is 2.17 bits per heavy atom. The standard InChI is InChI=1S/C14H21N5O4S/c1-16-8-12(6-15-16)19-3-2-17(24(19,22)23)9-14(21)18-7-10-4-11(18)5-13(10)20/h6,8,10-11,13,20H,2-5,7,9H2,1H3/t10-,11-,13+/m0/s1. The van der Waals surface area contributed by atoms with Gasteiger partial charge in [0.15, 0.2) is 0 Å². The number of aliphatic hydroxyl groups excluding tert-OH is 1. The first-order valence-electron chi connectivity index (χ1n) is 8.10. The van der Waals surface area contributed by atoms with Gasteiger partial charge in [-0.2, -0.15) is 17.8 Å². The Bertz CT molecular complexity index is 761. The molecule has 1 aliphatic carbocycles. The lowest BCUT2D eigenvalue weighted by Crippen LogP contribution is -2.47. The molecule has 1 aromatic heterocycles. The third kappa shape index (κ3) is 2.40. The van der Waals surface area contributed by atoms with E-state index < -0.39 is 10.2 Å². The fourth-order valence-electron chi connectivity index (χ4n) is 4.01. The van der Waals surface area contributed by atoms with Crippen molar-refractivity contribution in [2.45, 2.75) is 25.0 Å². The van der Waals surface area contributed by atoms with Crippen LogP contribution in [0.5, 0.6) is 0 Å². The molecule has 3 aliphatic rings. The molecule has 2 bridgehead atoms. The van der Waals surface area contributed by atoms with Crippen LogP contribution < -0.4 is 4.31 Å². The number of aromatic nitrogens is 2. The average Bonchev–Trinajstić information content (AvgIpc) is 3.24. The lowest BCUT2D eigenvalue weighted by molar-refractivity contribution is -0.133. The molecule has 1 N–H and O–H groups in total. The molecule has 3 atom stereocenters. The van der Waals surface area contributed by atoms with E-state index in [2.05, 4.69) is 5.10 Å². The highest BCUT2D eigenvalue weighted by atomic mass is 32.2. The first-order chi connectivity index (χ1) is 11.4. The zero-order valence-corrected chi connectivity index (χ0v) is 14.3. The lowest BCUT2D eigenvalue weighted by Gasteiger charge is -2.30. The molecule has 1 aromatic rings. The van der Waals surface area contributed by atoms with Crippen molar-refractivity contribution in [2.24, 2.45) is 13.0 Å². The quantitative estimate of drug-likeness (QED) is 0.732. The minimum atomic E-state index is -3.70. The van der Waals surface area contributed by atoms with E-state index in [1.54, 1.807) is 22.8 Å². The lowest BCUT2D eigenvalue weighted by atomic mass is 10.1. The molecule has 0 unspecified atom stereocenters. The Morgan fingerprint density at radius 1 is 1.38 bits per heavy atom. The van der Waals surface area contributed by atoms with Gasteiger partial charge in [-0.25, -0.2) is 0 Å².